The van der Waals surface area contributed by atoms with Crippen LogP contribution < -0.4 is 15.1 Å². The van der Waals surface area contributed by atoms with Crippen LogP contribution in [0.25, 0.3) is 0 Å². The molecule has 2 amide bonds. The van der Waals surface area contributed by atoms with E-state index in [2.05, 4.69) is 5.32 Å². The predicted octanol–water partition coefficient (Wildman–Crippen LogP) is 2.15. The van der Waals surface area contributed by atoms with Crippen molar-refractivity contribution >= 4 is 34.2 Å². The molecule has 0 aliphatic carbocycles. The first-order chi connectivity index (χ1) is 14.5. The first kappa shape index (κ1) is 20.3. The van der Waals surface area contributed by atoms with Crippen LogP contribution in [-0.2, 0) is 15.5 Å². The van der Waals surface area contributed by atoms with Gasteiger partial charge in [0.1, 0.15) is 11.9 Å². The Kier molecular flexibility index (Phi) is 5.98. The van der Waals surface area contributed by atoms with Gasteiger partial charge in [0.15, 0.2) is 0 Å². The molecule has 0 unspecified atom stereocenters. The van der Waals surface area contributed by atoms with E-state index < -0.39 is 28.8 Å². The zero-order valence-electron chi connectivity index (χ0n) is 16.3. The van der Waals surface area contributed by atoms with E-state index in [0.717, 1.165) is 0 Å². The van der Waals surface area contributed by atoms with Gasteiger partial charge in [-0.15, -0.1) is 0 Å². The molecule has 7 nitrogen and oxygen atoms in total. The van der Waals surface area contributed by atoms with Gasteiger partial charge in [-0.3, -0.25) is 13.9 Å². The number of benzene rings is 2. The van der Waals surface area contributed by atoms with Gasteiger partial charge in [0.2, 0.25) is 0 Å². The van der Waals surface area contributed by atoms with Crippen LogP contribution in [0.1, 0.15) is 10.4 Å². The van der Waals surface area contributed by atoms with Gasteiger partial charge in [-0.1, -0.05) is 18.2 Å². The molecule has 158 valence electrons. The number of nitrogens with zero attached hydrogens (tertiary/aromatic N) is 2. The first-order valence-corrected chi connectivity index (χ1v) is 11.2. The number of carbonyl (C=O) groups is 2. The van der Waals surface area contributed by atoms with Crippen LogP contribution in [0.5, 0.6) is 0 Å². The lowest BCUT2D eigenvalue weighted by Gasteiger charge is -2.29. The van der Waals surface area contributed by atoms with E-state index in [4.69, 9.17) is 4.74 Å². The largest absolute Gasteiger partial charge is 0.442 e. The highest BCUT2D eigenvalue weighted by Gasteiger charge is 2.33. The number of cyclic esters (lactones) is 1. The molecule has 9 heteroatoms. The summed E-state index contributed by atoms with van der Waals surface area (Å²) in [4.78, 5) is 27.6. The van der Waals surface area contributed by atoms with Crippen molar-refractivity contribution in [3.05, 3.63) is 59.9 Å². The molecule has 1 atom stereocenters. The Morgan fingerprint density at radius 2 is 1.90 bits per heavy atom. The fourth-order valence-electron chi connectivity index (χ4n) is 3.54. The maximum absolute atomic E-state index is 14.7. The Morgan fingerprint density at radius 1 is 1.17 bits per heavy atom. The minimum Gasteiger partial charge on any atom is -0.442 e. The van der Waals surface area contributed by atoms with E-state index >= 15 is 0 Å². The number of rotatable bonds is 5. The van der Waals surface area contributed by atoms with Crippen molar-refractivity contribution in [3.63, 3.8) is 0 Å². The Hall–Kier alpha value is -2.94. The topological polar surface area (TPSA) is 79.0 Å². The molecule has 2 aromatic rings. The number of anilines is 2. The van der Waals surface area contributed by atoms with Gasteiger partial charge in [0.25, 0.3) is 5.91 Å². The summed E-state index contributed by atoms with van der Waals surface area (Å²) in [7, 11) is -0.838. The standard InChI is InChI=1S/C21H22FN3O4S/c22-18-12-16(6-7-19(18)24-8-10-30(28)11-9-24)25-14-17(29-21(25)27)13-23-20(26)15-4-2-1-3-5-15/h1-7,12,17H,8-11,13-14H2,(H,23,26)/t17-/m0/s1. The molecule has 2 aliphatic heterocycles. The number of nitrogens with one attached hydrogen (secondary N) is 1. The number of halogens is 1. The molecule has 4 rings (SSSR count). The first-order valence-electron chi connectivity index (χ1n) is 9.72. The predicted molar refractivity (Wildman–Crippen MR) is 113 cm³/mol. The quantitative estimate of drug-likeness (QED) is 0.785. The monoisotopic (exact) mass is 431 g/mol. The molecular weight excluding hydrogens is 409 g/mol. The van der Waals surface area contributed by atoms with Crippen molar-refractivity contribution in [2.75, 3.05) is 47.5 Å². The number of hydrogen-bond acceptors (Lipinski definition) is 5. The summed E-state index contributed by atoms with van der Waals surface area (Å²) in [5.41, 5.74) is 1.37. The molecule has 0 aromatic heterocycles. The molecule has 0 spiro atoms. The maximum atomic E-state index is 14.7. The summed E-state index contributed by atoms with van der Waals surface area (Å²) in [6, 6.07) is 13.4. The minimum absolute atomic E-state index is 0.168. The molecule has 30 heavy (non-hydrogen) atoms. The van der Waals surface area contributed by atoms with Crippen molar-refractivity contribution in [1.29, 1.82) is 0 Å². The maximum Gasteiger partial charge on any atom is 0.414 e. The third kappa shape index (κ3) is 4.46. The summed E-state index contributed by atoms with van der Waals surface area (Å²) < 4.78 is 31.5. The summed E-state index contributed by atoms with van der Waals surface area (Å²) in [5.74, 6) is 0.364. The highest BCUT2D eigenvalue weighted by atomic mass is 32.2. The molecule has 1 N–H and O–H groups in total. The molecular formula is C21H22FN3O4S. The second-order valence-electron chi connectivity index (χ2n) is 7.16. The van der Waals surface area contributed by atoms with Crippen LogP contribution in [0.2, 0.25) is 0 Å². The van der Waals surface area contributed by atoms with Gasteiger partial charge in [0.05, 0.1) is 24.5 Å². The second-order valence-corrected chi connectivity index (χ2v) is 8.86. The minimum atomic E-state index is -0.838. The van der Waals surface area contributed by atoms with E-state index in [1.54, 1.807) is 36.4 Å². The molecule has 0 saturated carbocycles. The van der Waals surface area contributed by atoms with E-state index in [-0.39, 0.29) is 19.0 Å². The highest BCUT2D eigenvalue weighted by molar-refractivity contribution is 7.85. The van der Waals surface area contributed by atoms with Crippen LogP contribution in [0, 0.1) is 5.82 Å². The fourth-order valence-corrected chi connectivity index (χ4v) is 4.59. The van der Waals surface area contributed by atoms with E-state index in [1.807, 2.05) is 11.0 Å². The average Bonchev–Trinajstić information content (AvgIpc) is 3.14. The molecule has 2 heterocycles. The molecule has 0 radical (unpaired) electrons. The molecule has 2 aromatic carbocycles. The fraction of sp³-hybridized carbons (Fsp3) is 0.333. The molecule has 2 fully saturated rings. The van der Waals surface area contributed by atoms with Crippen LogP contribution in [0.3, 0.4) is 0 Å². The Bertz CT molecular complexity index is 962. The van der Waals surface area contributed by atoms with Crippen molar-refractivity contribution in [2.24, 2.45) is 0 Å². The van der Waals surface area contributed by atoms with Crippen molar-refractivity contribution in [3.8, 4) is 0 Å². The lowest BCUT2D eigenvalue weighted by Crippen LogP contribution is -2.38. The zero-order valence-corrected chi connectivity index (χ0v) is 17.1. The van der Waals surface area contributed by atoms with Crippen LogP contribution in [0.15, 0.2) is 48.5 Å². The normalized spacial score (nSPS) is 19.6. The summed E-state index contributed by atoms with van der Waals surface area (Å²) in [6.07, 6.45) is -1.10. The summed E-state index contributed by atoms with van der Waals surface area (Å²) >= 11 is 0. The van der Waals surface area contributed by atoms with Gasteiger partial charge in [0, 0.05) is 41.0 Å². The summed E-state index contributed by atoms with van der Waals surface area (Å²) in [6.45, 7) is 1.46. The molecule has 2 aliphatic rings. The SMILES string of the molecule is O=C(NC[C@H]1CN(c2ccc(N3CCS(=O)CC3)c(F)c2)C(=O)O1)c1ccccc1. The van der Waals surface area contributed by atoms with Crippen molar-refractivity contribution in [2.45, 2.75) is 6.10 Å². The van der Waals surface area contributed by atoms with Crippen LogP contribution >= 0.6 is 0 Å². The van der Waals surface area contributed by atoms with Gasteiger partial charge in [-0.2, -0.15) is 0 Å². The smallest absolute Gasteiger partial charge is 0.414 e. The zero-order chi connectivity index (χ0) is 21.1. The lowest BCUT2D eigenvalue weighted by molar-refractivity contribution is 0.0916. The Balaban J connectivity index is 1.37. The van der Waals surface area contributed by atoms with E-state index in [1.165, 1.54) is 11.0 Å². The van der Waals surface area contributed by atoms with E-state index in [0.29, 0.717) is 41.5 Å². The number of hydrogen-bond donors (Lipinski definition) is 1. The second kappa shape index (κ2) is 8.83. The molecule has 2 saturated heterocycles. The van der Waals surface area contributed by atoms with Gasteiger partial charge in [-0.25, -0.2) is 9.18 Å². The van der Waals surface area contributed by atoms with Gasteiger partial charge in [-0.05, 0) is 30.3 Å². The van der Waals surface area contributed by atoms with Crippen LogP contribution in [-0.4, -0.2) is 60.0 Å². The summed E-state index contributed by atoms with van der Waals surface area (Å²) in [5, 5.41) is 2.75. The number of amides is 2. The van der Waals surface area contributed by atoms with E-state index in [9.17, 15) is 18.2 Å². The van der Waals surface area contributed by atoms with Crippen LogP contribution in [0.4, 0.5) is 20.6 Å². The Morgan fingerprint density at radius 3 is 2.60 bits per heavy atom. The van der Waals surface area contributed by atoms with Gasteiger partial charge < -0.3 is 15.0 Å². The number of ether oxygens (including phenoxy) is 1. The average molecular weight is 431 g/mol. The third-order valence-corrected chi connectivity index (χ3v) is 6.44. The lowest BCUT2D eigenvalue weighted by atomic mass is 10.2. The van der Waals surface area contributed by atoms with Gasteiger partial charge >= 0.3 is 6.09 Å². The molecule has 0 bridgehead atoms. The third-order valence-electron chi connectivity index (χ3n) is 5.16. The highest BCUT2D eigenvalue weighted by Crippen LogP contribution is 2.28. The van der Waals surface area contributed by atoms with Crippen molar-refractivity contribution < 1.29 is 22.9 Å². The van der Waals surface area contributed by atoms with Crippen molar-refractivity contribution in [1.82, 2.24) is 5.32 Å². The number of carbonyl (C=O) groups excluding carboxylic acids is 2. The Labute approximate surface area is 176 Å².